The highest BCUT2D eigenvalue weighted by Gasteiger charge is 2.39. The number of rotatable bonds is 0. The molecule has 1 heterocycles. The Kier molecular flexibility index (Phi) is 5.46. The molecule has 6 heteroatoms. The summed E-state index contributed by atoms with van der Waals surface area (Å²) >= 11 is 11.5. The van der Waals surface area contributed by atoms with Crippen LogP contribution < -0.4 is 0 Å². The number of halogens is 2. The Morgan fingerprint density at radius 1 is 0.750 bits per heavy atom. The molecule has 3 aliphatic rings. The minimum absolute atomic E-state index is 0.284. The van der Waals surface area contributed by atoms with Crippen LogP contribution in [0.4, 0.5) is 0 Å². The van der Waals surface area contributed by atoms with E-state index in [1.165, 1.54) is 0 Å². The number of carbonyl (C=O) groups excluding carboxylic acids is 2. The molecule has 1 spiro atoms. The average molecular weight is 323 g/mol. The molecule has 20 heavy (non-hydrogen) atoms. The lowest BCUT2D eigenvalue weighted by atomic mass is 9.93. The number of hydrogen-bond acceptors (Lipinski definition) is 4. The van der Waals surface area contributed by atoms with E-state index in [4.69, 9.17) is 32.7 Å². The van der Waals surface area contributed by atoms with Gasteiger partial charge in [0.25, 0.3) is 0 Å². The molecule has 1 saturated heterocycles. The molecule has 2 aliphatic carbocycles. The van der Waals surface area contributed by atoms with Crippen molar-refractivity contribution < 1.29 is 19.1 Å². The van der Waals surface area contributed by atoms with Crippen LogP contribution in [0, 0.1) is 0 Å². The van der Waals surface area contributed by atoms with Crippen molar-refractivity contribution in [3.05, 3.63) is 0 Å². The predicted octanol–water partition coefficient (Wildman–Crippen LogP) is 3.18. The molecule has 0 radical (unpaired) electrons. The van der Waals surface area contributed by atoms with Crippen LogP contribution >= 0.6 is 23.2 Å². The van der Waals surface area contributed by atoms with Crippen LogP contribution in [-0.2, 0) is 19.1 Å². The fourth-order valence-electron chi connectivity index (χ4n) is 2.59. The Bertz CT molecular complexity index is 351. The highest BCUT2D eigenvalue weighted by molar-refractivity contribution is 6.48. The lowest BCUT2D eigenvalue weighted by Gasteiger charge is -2.30. The van der Waals surface area contributed by atoms with Crippen LogP contribution in [0.3, 0.4) is 0 Å². The van der Waals surface area contributed by atoms with Crippen LogP contribution in [0.5, 0.6) is 0 Å². The zero-order chi connectivity index (χ0) is 14.6. The normalized spacial score (nSPS) is 28.1. The summed E-state index contributed by atoms with van der Waals surface area (Å²) < 4.78 is 10.3. The number of hydrogen-bond donors (Lipinski definition) is 0. The lowest BCUT2D eigenvalue weighted by Crippen LogP contribution is -2.35. The van der Waals surface area contributed by atoms with Gasteiger partial charge in [-0.1, -0.05) is 0 Å². The SMILES string of the molecule is O=C1CCC(Cl)(Cl)CC1.O=C1CCC2(CC1)OCCO2. The molecule has 0 amide bonds. The summed E-state index contributed by atoms with van der Waals surface area (Å²) in [5.41, 5.74) is 0. The maximum atomic E-state index is 10.9. The van der Waals surface area contributed by atoms with E-state index in [-0.39, 0.29) is 11.6 Å². The van der Waals surface area contributed by atoms with Crippen molar-refractivity contribution in [1.29, 1.82) is 0 Å². The molecule has 114 valence electrons. The van der Waals surface area contributed by atoms with Gasteiger partial charge in [-0.25, -0.2) is 0 Å². The van der Waals surface area contributed by atoms with Crippen molar-refractivity contribution in [3.8, 4) is 0 Å². The van der Waals surface area contributed by atoms with E-state index in [1.807, 2.05) is 0 Å². The van der Waals surface area contributed by atoms with E-state index >= 15 is 0 Å². The Balaban J connectivity index is 0.000000151. The standard InChI is InChI=1S/C8H12O3.C6H8Cl2O/c9-7-1-3-8(4-2-7)10-5-6-11-8;7-6(8)3-1-5(9)2-4-6/h1-6H2;1-4H2. The van der Waals surface area contributed by atoms with Gasteiger partial charge in [-0.3, -0.25) is 9.59 Å². The fourth-order valence-corrected chi connectivity index (χ4v) is 2.97. The first kappa shape index (κ1) is 16.2. The zero-order valence-corrected chi connectivity index (χ0v) is 13.0. The molecule has 0 N–H and O–H groups in total. The quantitative estimate of drug-likeness (QED) is 0.643. The van der Waals surface area contributed by atoms with Crippen LogP contribution in [0.15, 0.2) is 0 Å². The lowest BCUT2D eigenvalue weighted by molar-refractivity contribution is -0.179. The third-order valence-electron chi connectivity index (χ3n) is 3.92. The largest absolute Gasteiger partial charge is 0.348 e. The van der Waals surface area contributed by atoms with E-state index in [0.717, 1.165) is 12.8 Å². The smallest absolute Gasteiger partial charge is 0.169 e. The molecule has 3 rings (SSSR count). The molecule has 0 aromatic heterocycles. The van der Waals surface area contributed by atoms with Gasteiger partial charge in [0.15, 0.2) is 5.79 Å². The number of ether oxygens (including phenoxy) is 2. The Morgan fingerprint density at radius 3 is 1.55 bits per heavy atom. The maximum absolute atomic E-state index is 10.9. The third kappa shape index (κ3) is 4.69. The van der Waals surface area contributed by atoms with E-state index in [1.54, 1.807) is 0 Å². The summed E-state index contributed by atoms with van der Waals surface area (Å²) in [5.74, 6) is 0.259. The van der Waals surface area contributed by atoms with Crippen LogP contribution in [0.2, 0.25) is 0 Å². The van der Waals surface area contributed by atoms with Crippen molar-refractivity contribution in [2.75, 3.05) is 13.2 Å². The van der Waals surface area contributed by atoms with E-state index in [0.29, 0.717) is 57.5 Å². The highest BCUT2D eigenvalue weighted by atomic mass is 35.5. The molecule has 2 saturated carbocycles. The van der Waals surface area contributed by atoms with Gasteiger partial charge in [0.1, 0.15) is 15.9 Å². The Labute approximate surface area is 129 Å². The van der Waals surface area contributed by atoms with E-state index in [2.05, 4.69) is 0 Å². The molecular formula is C14H20Cl2O4. The van der Waals surface area contributed by atoms with Crippen molar-refractivity contribution in [2.24, 2.45) is 0 Å². The molecule has 4 nitrogen and oxygen atoms in total. The number of Topliss-reactive ketones (excluding diaryl/α,β-unsaturated/α-hetero) is 2. The third-order valence-corrected chi connectivity index (χ3v) is 4.68. The second-order valence-corrected chi connectivity index (χ2v) is 7.18. The highest BCUT2D eigenvalue weighted by Crippen LogP contribution is 2.36. The molecule has 1 aliphatic heterocycles. The van der Waals surface area contributed by atoms with Gasteiger partial charge in [-0.05, 0) is 12.8 Å². The van der Waals surface area contributed by atoms with E-state index < -0.39 is 4.33 Å². The van der Waals surface area contributed by atoms with Crippen LogP contribution in [0.25, 0.3) is 0 Å². The van der Waals surface area contributed by atoms with Gasteiger partial charge in [0.2, 0.25) is 0 Å². The zero-order valence-electron chi connectivity index (χ0n) is 11.5. The molecular weight excluding hydrogens is 303 g/mol. The number of carbonyl (C=O) groups is 2. The van der Waals surface area contributed by atoms with Crippen molar-refractivity contribution in [1.82, 2.24) is 0 Å². The fraction of sp³-hybridized carbons (Fsp3) is 0.857. The minimum Gasteiger partial charge on any atom is -0.348 e. The molecule has 0 unspecified atom stereocenters. The first-order valence-electron chi connectivity index (χ1n) is 7.10. The second-order valence-electron chi connectivity index (χ2n) is 5.54. The first-order chi connectivity index (χ1) is 9.41. The Morgan fingerprint density at radius 2 is 1.15 bits per heavy atom. The number of alkyl halides is 2. The number of ketones is 2. The monoisotopic (exact) mass is 322 g/mol. The minimum atomic E-state index is -0.617. The van der Waals surface area contributed by atoms with Gasteiger partial charge in [0, 0.05) is 38.5 Å². The first-order valence-corrected chi connectivity index (χ1v) is 7.86. The van der Waals surface area contributed by atoms with Gasteiger partial charge in [-0.15, -0.1) is 23.2 Å². The van der Waals surface area contributed by atoms with Gasteiger partial charge >= 0.3 is 0 Å². The summed E-state index contributed by atoms with van der Waals surface area (Å²) in [4.78, 5) is 21.5. The summed E-state index contributed by atoms with van der Waals surface area (Å²) in [7, 11) is 0. The molecule has 0 aromatic rings. The molecule has 3 fully saturated rings. The summed E-state index contributed by atoms with van der Waals surface area (Å²) in [6, 6.07) is 0. The van der Waals surface area contributed by atoms with Gasteiger partial charge in [-0.2, -0.15) is 0 Å². The summed E-state index contributed by atoms with van der Waals surface area (Å²) in [5, 5.41) is 0. The van der Waals surface area contributed by atoms with Crippen LogP contribution in [-0.4, -0.2) is 34.9 Å². The van der Waals surface area contributed by atoms with Gasteiger partial charge < -0.3 is 9.47 Å². The van der Waals surface area contributed by atoms with E-state index in [9.17, 15) is 9.59 Å². The van der Waals surface area contributed by atoms with Crippen molar-refractivity contribution >= 4 is 34.8 Å². The van der Waals surface area contributed by atoms with Crippen LogP contribution in [0.1, 0.15) is 51.4 Å². The molecule has 0 atom stereocenters. The summed E-state index contributed by atoms with van der Waals surface area (Å²) in [6.45, 7) is 1.38. The van der Waals surface area contributed by atoms with Crippen molar-refractivity contribution in [2.45, 2.75) is 61.5 Å². The van der Waals surface area contributed by atoms with Crippen molar-refractivity contribution in [3.63, 3.8) is 0 Å². The topological polar surface area (TPSA) is 52.6 Å². The maximum Gasteiger partial charge on any atom is 0.169 e. The Hall–Kier alpha value is -0.160. The summed E-state index contributed by atoms with van der Waals surface area (Å²) in [6.07, 6.45) is 5.10. The average Bonchev–Trinajstić information content (AvgIpc) is 2.87. The van der Waals surface area contributed by atoms with Gasteiger partial charge in [0.05, 0.1) is 13.2 Å². The molecule has 0 aromatic carbocycles. The molecule has 0 bridgehead atoms. The predicted molar refractivity (Wildman–Crippen MR) is 76.0 cm³/mol. The second kappa shape index (κ2) is 6.73.